The van der Waals surface area contributed by atoms with Crippen LogP contribution in [-0.4, -0.2) is 40.9 Å². The van der Waals surface area contributed by atoms with Crippen LogP contribution in [0, 0.1) is 17.8 Å². The Morgan fingerprint density at radius 1 is 1.03 bits per heavy atom. The lowest BCUT2D eigenvalue weighted by molar-refractivity contribution is -0.145. The van der Waals surface area contributed by atoms with E-state index >= 15 is 0 Å². The fraction of sp³-hybridized carbons (Fsp3) is 0.682. The van der Waals surface area contributed by atoms with Gasteiger partial charge < -0.3 is 4.90 Å². The van der Waals surface area contributed by atoms with Crippen molar-refractivity contribution in [3.63, 3.8) is 0 Å². The zero-order chi connectivity index (χ0) is 22.7. The van der Waals surface area contributed by atoms with Crippen molar-refractivity contribution in [2.45, 2.75) is 64.1 Å². The Bertz CT molecular complexity index is 849. The van der Waals surface area contributed by atoms with Crippen molar-refractivity contribution in [1.29, 1.82) is 0 Å². The maximum Gasteiger partial charge on any atom is 0.416 e. The number of piperidine rings is 2. The number of amides is 1. The Morgan fingerprint density at radius 3 is 2.32 bits per heavy atom. The molecule has 3 aliphatic heterocycles. The molecular formula is C22H26F6N2O. The first-order chi connectivity index (χ1) is 14.4. The van der Waals surface area contributed by atoms with Gasteiger partial charge in [0.15, 0.2) is 0 Å². The molecule has 1 aromatic carbocycles. The molecule has 31 heavy (non-hydrogen) atoms. The molecule has 0 aliphatic carbocycles. The third-order valence-electron chi connectivity index (χ3n) is 7.10. The van der Waals surface area contributed by atoms with Crippen molar-refractivity contribution in [2.75, 3.05) is 13.1 Å². The number of halogens is 6. The maximum atomic E-state index is 13.5. The summed E-state index contributed by atoms with van der Waals surface area (Å²) in [6.07, 6.45) is -7.72. The predicted octanol–water partition coefficient (Wildman–Crippen LogP) is 5.19. The average molecular weight is 448 g/mol. The Morgan fingerprint density at radius 2 is 1.71 bits per heavy atom. The van der Waals surface area contributed by atoms with E-state index in [1.54, 1.807) is 0 Å². The second kappa shape index (κ2) is 7.67. The second-order valence-electron chi connectivity index (χ2n) is 9.46. The first kappa shape index (κ1) is 22.4. The number of rotatable bonds is 3. The van der Waals surface area contributed by atoms with Gasteiger partial charge >= 0.3 is 12.4 Å². The molecule has 9 heteroatoms. The Labute approximate surface area is 177 Å². The number of benzene rings is 1. The van der Waals surface area contributed by atoms with Gasteiger partial charge in [0.05, 0.1) is 11.1 Å². The van der Waals surface area contributed by atoms with Gasteiger partial charge in [-0.2, -0.15) is 26.3 Å². The van der Waals surface area contributed by atoms with Gasteiger partial charge in [0.25, 0.3) is 0 Å². The van der Waals surface area contributed by atoms with Crippen LogP contribution >= 0.6 is 0 Å². The number of carbonyl (C=O) groups is 1. The first-order valence-corrected chi connectivity index (χ1v) is 10.7. The summed E-state index contributed by atoms with van der Waals surface area (Å²) in [5.41, 5.74) is -2.66. The number of alkyl halides is 6. The monoisotopic (exact) mass is 448 g/mol. The molecule has 0 spiro atoms. The Hall–Kier alpha value is -1.77. The van der Waals surface area contributed by atoms with Crippen LogP contribution in [0.1, 0.15) is 49.8 Å². The van der Waals surface area contributed by atoms with E-state index in [1.165, 1.54) is 0 Å². The van der Waals surface area contributed by atoms with E-state index in [9.17, 15) is 31.1 Å². The lowest BCUT2D eigenvalue weighted by Gasteiger charge is -2.47. The van der Waals surface area contributed by atoms with E-state index in [4.69, 9.17) is 0 Å². The zero-order valence-electron chi connectivity index (χ0n) is 17.4. The predicted molar refractivity (Wildman–Crippen MR) is 102 cm³/mol. The highest BCUT2D eigenvalue weighted by Crippen LogP contribution is 2.46. The van der Waals surface area contributed by atoms with Crippen LogP contribution in [0.4, 0.5) is 26.3 Å². The summed E-state index contributed by atoms with van der Waals surface area (Å²) in [5, 5.41) is 0. The molecule has 3 nitrogen and oxygen atoms in total. The molecule has 4 rings (SSSR count). The summed E-state index contributed by atoms with van der Waals surface area (Å²) < 4.78 is 79.5. The van der Waals surface area contributed by atoms with E-state index in [1.807, 2.05) is 9.80 Å². The van der Waals surface area contributed by atoms with Crippen LogP contribution < -0.4 is 0 Å². The quantitative estimate of drug-likeness (QED) is 0.594. The third-order valence-corrected chi connectivity index (χ3v) is 7.10. The molecule has 2 unspecified atom stereocenters. The highest BCUT2D eigenvalue weighted by molar-refractivity contribution is 5.78. The van der Waals surface area contributed by atoms with Crippen molar-refractivity contribution >= 4 is 5.91 Å². The molecular weight excluding hydrogens is 422 g/mol. The summed E-state index contributed by atoms with van der Waals surface area (Å²) >= 11 is 0. The van der Waals surface area contributed by atoms with E-state index in [-0.39, 0.29) is 48.0 Å². The SMILES string of the molecule is CC(C)[C@H]1CC2CN(Cc3ccc(C(F)(F)F)cc3C(F)(F)F)C[C@H]3CCC(=O)N1C23. The van der Waals surface area contributed by atoms with Crippen LogP contribution in [0.25, 0.3) is 0 Å². The molecule has 3 fully saturated rings. The summed E-state index contributed by atoms with van der Waals surface area (Å²) in [7, 11) is 0. The van der Waals surface area contributed by atoms with E-state index < -0.39 is 23.5 Å². The minimum Gasteiger partial charge on any atom is -0.336 e. The van der Waals surface area contributed by atoms with Crippen molar-refractivity contribution < 1.29 is 31.1 Å². The van der Waals surface area contributed by atoms with Gasteiger partial charge in [-0.05, 0) is 48.3 Å². The fourth-order valence-corrected chi connectivity index (χ4v) is 5.82. The Kier molecular flexibility index (Phi) is 5.55. The average Bonchev–Trinajstić information content (AvgIpc) is 3.04. The van der Waals surface area contributed by atoms with E-state index in [2.05, 4.69) is 13.8 Å². The van der Waals surface area contributed by atoms with Gasteiger partial charge in [-0.15, -0.1) is 0 Å². The third kappa shape index (κ3) is 4.17. The second-order valence-corrected chi connectivity index (χ2v) is 9.46. The van der Waals surface area contributed by atoms with Crippen molar-refractivity contribution in [3.8, 4) is 0 Å². The minimum absolute atomic E-state index is 0.0486. The van der Waals surface area contributed by atoms with Crippen LogP contribution in [0.3, 0.4) is 0 Å². The molecule has 3 aliphatic rings. The van der Waals surface area contributed by atoms with Crippen LogP contribution in [0.2, 0.25) is 0 Å². The lowest BCUT2D eigenvalue weighted by Crippen LogP contribution is -2.57. The van der Waals surface area contributed by atoms with Gasteiger partial charge in [0.2, 0.25) is 5.91 Å². The van der Waals surface area contributed by atoms with Crippen molar-refractivity contribution in [2.24, 2.45) is 17.8 Å². The molecule has 0 N–H and O–H groups in total. The molecule has 1 aromatic rings. The zero-order valence-corrected chi connectivity index (χ0v) is 17.4. The molecule has 172 valence electrons. The first-order valence-electron chi connectivity index (χ1n) is 10.7. The topological polar surface area (TPSA) is 23.6 Å². The van der Waals surface area contributed by atoms with Crippen LogP contribution in [0.15, 0.2) is 18.2 Å². The molecule has 0 bridgehead atoms. The highest BCUT2D eigenvalue weighted by atomic mass is 19.4. The van der Waals surface area contributed by atoms with E-state index in [0.717, 1.165) is 18.6 Å². The maximum absolute atomic E-state index is 13.5. The number of carbonyl (C=O) groups excluding carboxylic acids is 1. The molecule has 4 atom stereocenters. The molecule has 0 aromatic heterocycles. The minimum atomic E-state index is -4.86. The number of likely N-dealkylation sites (tertiary alicyclic amines) is 1. The number of hydrogen-bond donors (Lipinski definition) is 0. The van der Waals surface area contributed by atoms with Gasteiger partial charge in [-0.25, -0.2) is 0 Å². The fourth-order valence-electron chi connectivity index (χ4n) is 5.82. The summed E-state index contributed by atoms with van der Waals surface area (Å²) in [4.78, 5) is 16.5. The molecule has 0 saturated carbocycles. The smallest absolute Gasteiger partial charge is 0.336 e. The lowest BCUT2D eigenvalue weighted by atomic mass is 9.79. The Balaban J connectivity index is 1.59. The van der Waals surface area contributed by atoms with Crippen molar-refractivity contribution in [1.82, 2.24) is 9.80 Å². The van der Waals surface area contributed by atoms with Crippen LogP contribution in [-0.2, 0) is 23.7 Å². The molecule has 1 amide bonds. The summed E-state index contributed by atoms with van der Waals surface area (Å²) in [6.45, 7) is 5.20. The summed E-state index contributed by atoms with van der Waals surface area (Å²) in [5.74, 6) is 0.828. The van der Waals surface area contributed by atoms with Gasteiger partial charge in [-0.1, -0.05) is 19.9 Å². The van der Waals surface area contributed by atoms with Gasteiger partial charge in [0.1, 0.15) is 0 Å². The van der Waals surface area contributed by atoms with Gasteiger partial charge in [0, 0.05) is 38.1 Å². The molecule has 0 radical (unpaired) electrons. The normalized spacial score (nSPS) is 29.6. The molecule has 3 heterocycles. The number of hydrogen-bond acceptors (Lipinski definition) is 2. The standard InChI is InChI=1S/C22H26F6N2O/c1-12(2)18-7-15-11-29(10-14-4-6-19(31)30(18)20(14)15)9-13-3-5-16(21(23,24)25)8-17(13)22(26,27)28/h3,5,8,12,14-15,18,20H,4,6-7,9-11H2,1-2H3/t14-,15?,18-,20?/m1/s1. The largest absolute Gasteiger partial charge is 0.416 e. The highest BCUT2D eigenvalue weighted by Gasteiger charge is 2.53. The summed E-state index contributed by atoms with van der Waals surface area (Å²) in [6, 6.07) is 2.16. The van der Waals surface area contributed by atoms with Gasteiger partial charge in [-0.3, -0.25) is 9.69 Å². The van der Waals surface area contributed by atoms with Crippen molar-refractivity contribution in [3.05, 3.63) is 34.9 Å². The molecule has 3 saturated heterocycles. The van der Waals surface area contributed by atoms with E-state index in [0.29, 0.717) is 31.8 Å². The number of nitrogens with zero attached hydrogens (tertiary/aromatic N) is 2. The van der Waals surface area contributed by atoms with Crippen LogP contribution in [0.5, 0.6) is 0 Å².